The second kappa shape index (κ2) is 8.81. The van der Waals surface area contributed by atoms with Gasteiger partial charge in [-0.2, -0.15) is 0 Å². The monoisotopic (exact) mass is 251 g/mol. The van der Waals surface area contributed by atoms with E-state index >= 15 is 0 Å². The van der Waals surface area contributed by atoms with Crippen molar-refractivity contribution in [2.24, 2.45) is 0 Å². The molecule has 1 aromatic carbocycles. The molecule has 0 bridgehead atoms. The predicted molar refractivity (Wildman–Crippen MR) is 75.5 cm³/mol. The second-order valence-electron chi connectivity index (χ2n) is 4.57. The minimum absolute atomic E-state index is 0.567. The van der Waals surface area contributed by atoms with Gasteiger partial charge in [0.15, 0.2) is 0 Å². The molecule has 18 heavy (non-hydrogen) atoms. The molecule has 1 aromatic rings. The molecule has 0 heterocycles. The van der Waals surface area contributed by atoms with E-state index in [1.807, 2.05) is 31.2 Å². The van der Waals surface area contributed by atoms with Crippen molar-refractivity contribution in [2.75, 3.05) is 19.8 Å². The minimum Gasteiger partial charge on any atom is -0.494 e. The first-order chi connectivity index (χ1) is 8.72. The van der Waals surface area contributed by atoms with Crippen LogP contribution >= 0.6 is 0 Å². The van der Waals surface area contributed by atoms with Crippen LogP contribution in [0.1, 0.15) is 33.6 Å². The van der Waals surface area contributed by atoms with Crippen LogP contribution in [0.4, 0.5) is 0 Å². The highest BCUT2D eigenvalue weighted by molar-refractivity contribution is 5.31. The van der Waals surface area contributed by atoms with Crippen LogP contribution in [-0.4, -0.2) is 25.8 Å². The Hall–Kier alpha value is -1.22. The van der Waals surface area contributed by atoms with Crippen molar-refractivity contribution < 1.29 is 9.47 Å². The van der Waals surface area contributed by atoms with Gasteiger partial charge in [-0.15, -0.1) is 0 Å². The molecule has 0 aromatic heterocycles. The van der Waals surface area contributed by atoms with Crippen LogP contribution in [0.25, 0.3) is 0 Å². The molecule has 0 fully saturated rings. The lowest BCUT2D eigenvalue weighted by Gasteiger charge is -2.09. The fourth-order valence-corrected chi connectivity index (χ4v) is 1.61. The van der Waals surface area contributed by atoms with Gasteiger partial charge in [0, 0.05) is 6.04 Å². The van der Waals surface area contributed by atoms with Crippen molar-refractivity contribution in [2.45, 2.75) is 39.7 Å². The summed E-state index contributed by atoms with van der Waals surface area (Å²) in [5, 5.41) is 3.39. The first-order valence-electron chi connectivity index (χ1n) is 6.81. The van der Waals surface area contributed by atoms with Crippen molar-refractivity contribution in [3.8, 4) is 11.5 Å². The van der Waals surface area contributed by atoms with Crippen LogP contribution in [0, 0.1) is 0 Å². The van der Waals surface area contributed by atoms with Gasteiger partial charge in [0.05, 0.1) is 13.2 Å². The van der Waals surface area contributed by atoms with Crippen LogP contribution in [-0.2, 0) is 0 Å². The molecule has 102 valence electrons. The molecule has 0 unspecified atom stereocenters. The molecule has 1 rings (SSSR count). The number of nitrogens with one attached hydrogen (secondary N) is 1. The quantitative estimate of drug-likeness (QED) is 0.683. The van der Waals surface area contributed by atoms with Crippen LogP contribution in [0.3, 0.4) is 0 Å². The van der Waals surface area contributed by atoms with Crippen molar-refractivity contribution >= 4 is 0 Å². The number of unbranched alkanes of at least 4 members (excludes halogenated alkanes) is 1. The van der Waals surface area contributed by atoms with Crippen molar-refractivity contribution in [3.05, 3.63) is 24.3 Å². The fraction of sp³-hybridized carbons (Fsp3) is 0.600. The largest absolute Gasteiger partial charge is 0.494 e. The van der Waals surface area contributed by atoms with Crippen molar-refractivity contribution in [3.63, 3.8) is 0 Å². The maximum atomic E-state index is 5.66. The van der Waals surface area contributed by atoms with Gasteiger partial charge >= 0.3 is 0 Å². The van der Waals surface area contributed by atoms with Crippen LogP contribution in [0.2, 0.25) is 0 Å². The molecule has 0 saturated heterocycles. The Morgan fingerprint density at radius 2 is 1.61 bits per heavy atom. The standard InChI is InChI=1S/C15H25NO2/c1-4-17-14-7-9-15(10-8-14)18-12-6-5-11-16-13(2)3/h7-10,13,16H,4-6,11-12H2,1-3H3. The van der Waals surface area contributed by atoms with E-state index in [0.29, 0.717) is 12.6 Å². The lowest BCUT2D eigenvalue weighted by atomic mass is 10.3. The molecule has 3 heteroatoms. The van der Waals surface area contributed by atoms with E-state index in [2.05, 4.69) is 19.2 Å². The predicted octanol–water partition coefficient (Wildman–Crippen LogP) is 3.24. The van der Waals surface area contributed by atoms with E-state index < -0.39 is 0 Å². The van der Waals surface area contributed by atoms with E-state index in [0.717, 1.165) is 37.5 Å². The Morgan fingerprint density at radius 3 is 2.17 bits per heavy atom. The summed E-state index contributed by atoms with van der Waals surface area (Å²) in [5.41, 5.74) is 0. The van der Waals surface area contributed by atoms with Crippen LogP contribution in [0.5, 0.6) is 11.5 Å². The zero-order valence-corrected chi connectivity index (χ0v) is 11.7. The zero-order valence-electron chi connectivity index (χ0n) is 11.7. The Labute approximate surface area is 110 Å². The van der Waals surface area contributed by atoms with Crippen LogP contribution < -0.4 is 14.8 Å². The van der Waals surface area contributed by atoms with Gasteiger partial charge < -0.3 is 14.8 Å². The molecule has 0 atom stereocenters. The highest BCUT2D eigenvalue weighted by Crippen LogP contribution is 2.17. The number of hydrogen-bond donors (Lipinski definition) is 1. The highest BCUT2D eigenvalue weighted by atomic mass is 16.5. The normalized spacial score (nSPS) is 10.7. The molecular formula is C15H25NO2. The maximum Gasteiger partial charge on any atom is 0.119 e. The average molecular weight is 251 g/mol. The molecule has 0 radical (unpaired) electrons. The average Bonchev–Trinajstić information content (AvgIpc) is 2.35. The van der Waals surface area contributed by atoms with Gasteiger partial charge in [-0.05, 0) is 50.6 Å². The molecule has 0 aliphatic carbocycles. The van der Waals surface area contributed by atoms with Gasteiger partial charge in [-0.3, -0.25) is 0 Å². The van der Waals surface area contributed by atoms with E-state index in [4.69, 9.17) is 9.47 Å². The summed E-state index contributed by atoms with van der Waals surface area (Å²) in [4.78, 5) is 0. The Bertz CT molecular complexity index is 309. The molecule has 0 amide bonds. The molecule has 0 saturated carbocycles. The summed E-state index contributed by atoms with van der Waals surface area (Å²) >= 11 is 0. The van der Waals surface area contributed by atoms with Gasteiger partial charge in [-0.1, -0.05) is 13.8 Å². The molecule has 0 aliphatic rings. The second-order valence-corrected chi connectivity index (χ2v) is 4.57. The number of benzene rings is 1. The fourth-order valence-electron chi connectivity index (χ4n) is 1.61. The molecule has 1 N–H and O–H groups in total. The maximum absolute atomic E-state index is 5.66. The number of ether oxygens (including phenoxy) is 2. The highest BCUT2D eigenvalue weighted by Gasteiger charge is 1.96. The Balaban J connectivity index is 2.11. The summed E-state index contributed by atoms with van der Waals surface area (Å²) in [5.74, 6) is 1.81. The third-order valence-corrected chi connectivity index (χ3v) is 2.53. The third kappa shape index (κ3) is 6.50. The molecule has 0 spiro atoms. The summed E-state index contributed by atoms with van der Waals surface area (Å²) in [6, 6.07) is 8.37. The zero-order chi connectivity index (χ0) is 13.2. The summed E-state index contributed by atoms with van der Waals surface area (Å²) in [6.07, 6.45) is 2.22. The Kier molecular flexibility index (Phi) is 7.26. The first kappa shape index (κ1) is 14.8. The summed E-state index contributed by atoms with van der Waals surface area (Å²) < 4.78 is 11.0. The third-order valence-electron chi connectivity index (χ3n) is 2.53. The van der Waals surface area contributed by atoms with Gasteiger partial charge in [-0.25, -0.2) is 0 Å². The van der Waals surface area contributed by atoms with Gasteiger partial charge in [0.1, 0.15) is 11.5 Å². The van der Waals surface area contributed by atoms with Crippen molar-refractivity contribution in [1.29, 1.82) is 0 Å². The summed E-state index contributed by atoms with van der Waals surface area (Å²) in [6.45, 7) is 8.84. The topological polar surface area (TPSA) is 30.5 Å². The lowest BCUT2D eigenvalue weighted by Crippen LogP contribution is -2.23. The SMILES string of the molecule is CCOc1ccc(OCCCCNC(C)C)cc1. The van der Waals surface area contributed by atoms with E-state index in [1.165, 1.54) is 0 Å². The minimum atomic E-state index is 0.567. The summed E-state index contributed by atoms with van der Waals surface area (Å²) in [7, 11) is 0. The van der Waals surface area contributed by atoms with Crippen LogP contribution in [0.15, 0.2) is 24.3 Å². The van der Waals surface area contributed by atoms with Gasteiger partial charge in [0.25, 0.3) is 0 Å². The molecule has 0 aliphatic heterocycles. The van der Waals surface area contributed by atoms with E-state index in [1.54, 1.807) is 0 Å². The van der Waals surface area contributed by atoms with E-state index in [9.17, 15) is 0 Å². The number of hydrogen-bond acceptors (Lipinski definition) is 3. The molecule has 3 nitrogen and oxygen atoms in total. The van der Waals surface area contributed by atoms with E-state index in [-0.39, 0.29) is 0 Å². The van der Waals surface area contributed by atoms with Crippen molar-refractivity contribution in [1.82, 2.24) is 5.32 Å². The smallest absolute Gasteiger partial charge is 0.119 e. The number of rotatable bonds is 9. The first-order valence-corrected chi connectivity index (χ1v) is 6.81. The Morgan fingerprint density at radius 1 is 1.00 bits per heavy atom. The lowest BCUT2D eigenvalue weighted by molar-refractivity contribution is 0.303. The molecular weight excluding hydrogens is 226 g/mol. The van der Waals surface area contributed by atoms with Gasteiger partial charge in [0.2, 0.25) is 0 Å².